The molecule has 0 aliphatic rings. The second-order valence-corrected chi connectivity index (χ2v) is 8.92. The molecule has 0 aliphatic carbocycles. The summed E-state index contributed by atoms with van der Waals surface area (Å²) in [6, 6.07) is 9.18. The number of halogens is 1. The molecule has 0 saturated heterocycles. The maximum absolute atomic E-state index is 12.5. The van der Waals surface area contributed by atoms with Crippen LogP contribution >= 0.6 is 11.6 Å². The molecule has 0 aliphatic heterocycles. The second kappa shape index (κ2) is 7.68. The lowest BCUT2D eigenvalue weighted by Crippen LogP contribution is -2.38. The number of nitrogens with zero attached hydrogens (tertiary/aromatic N) is 1. The van der Waals surface area contributed by atoms with Gasteiger partial charge in [-0.2, -0.15) is 0 Å². The number of carbonyl (C=O) groups excluding carboxylic acids is 1. The Bertz CT molecular complexity index is 912. The van der Waals surface area contributed by atoms with E-state index in [0.29, 0.717) is 22.0 Å². The lowest BCUT2D eigenvalue weighted by molar-refractivity contribution is -0.114. The van der Waals surface area contributed by atoms with Crippen LogP contribution in [0, 0.1) is 27.7 Å². The average Bonchev–Trinajstić information content (AvgIpc) is 2.42. The van der Waals surface area contributed by atoms with Gasteiger partial charge >= 0.3 is 0 Å². The minimum Gasteiger partial charge on any atom is -0.324 e. The van der Waals surface area contributed by atoms with Crippen molar-refractivity contribution in [3.63, 3.8) is 0 Å². The van der Waals surface area contributed by atoms with Crippen molar-refractivity contribution in [3.05, 3.63) is 57.6 Å². The highest BCUT2D eigenvalue weighted by Gasteiger charge is 2.25. The van der Waals surface area contributed by atoms with E-state index >= 15 is 0 Å². The molecule has 0 fully saturated rings. The molecule has 0 radical (unpaired) electrons. The number of hydrogen-bond acceptors (Lipinski definition) is 3. The fraction of sp³-hybridized carbons (Fsp3) is 0.316. The molecule has 2 aromatic rings. The molecule has 0 heterocycles. The summed E-state index contributed by atoms with van der Waals surface area (Å²) in [6.07, 6.45) is 1.06. The van der Waals surface area contributed by atoms with Gasteiger partial charge in [-0.05, 0) is 68.1 Å². The molecule has 5 nitrogen and oxygen atoms in total. The second-order valence-electron chi connectivity index (χ2n) is 6.61. The molecule has 1 N–H and O–H groups in total. The van der Waals surface area contributed by atoms with Gasteiger partial charge in [0.2, 0.25) is 15.9 Å². The van der Waals surface area contributed by atoms with E-state index < -0.39 is 15.9 Å². The monoisotopic (exact) mass is 394 g/mol. The van der Waals surface area contributed by atoms with Crippen molar-refractivity contribution in [2.45, 2.75) is 27.7 Å². The molecule has 2 aromatic carbocycles. The molecule has 0 atom stereocenters. The van der Waals surface area contributed by atoms with Crippen molar-refractivity contribution >= 4 is 38.9 Å². The van der Waals surface area contributed by atoms with Gasteiger partial charge in [-0.25, -0.2) is 8.42 Å². The quantitative estimate of drug-likeness (QED) is 0.834. The predicted molar refractivity (Wildman–Crippen MR) is 108 cm³/mol. The Morgan fingerprint density at radius 3 is 2.04 bits per heavy atom. The van der Waals surface area contributed by atoms with Gasteiger partial charge in [0.1, 0.15) is 6.54 Å². The number of benzene rings is 2. The molecule has 26 heavy (non-hydrogen) atoms. The van der Waals surface area contributed by atoms with Crippen LogP contribution in [-0.4, -0.2) is 27.1 Å². The van der Waals surface area contributed by atoms with E-state index in [4.69, 9.17) is 11.6 Å². The van der Waals surface area contributed by atoms with Crippen LogP contribution in [0.5, 0.6) is 0 Å². The third-order valence-corrected chi connectivity index (χ3v) is 5.24. The Morgan fingerprint density at radius 1 is 1.00 bits per heavy atom. The van der Waals surface area contributed by atoms with Crippen LogP contribution in [0.3, 0.4) is 0 Å². The SMILES string of the molecule is Cc1cc(C)cc(NC(=O)CN(c2c(C)cc(C)cc2Cl)S(C)(=O)=O)c1. The first-order valence-electron chi connectivity index (χ1n) is 8.10. The molecular formula is C19H23ClN2O3S. The fourth-order valence-corrected chi connectivity index (χ4v) is 4.36. The largest absolute Gasteiger partial charge is 0.324 e. The number of aryl methyl sites for hydroxylation is 4. The maximum Gasteiger partial charge on any atom is 0.245 e. The molecular weight excluding hydrogens is 372 g/mol. The molecule has 0 unspecified atom stereocenters. The Morgan fingerprint density at radius 2 is 1.54 bits per heavy atom. The molecule has 0 aromatic heterocycles. The molecule has 0 saturated carbocycles. The first-order valence-corrected chi connectivity index (χ1v) is 10.3. The van der Waals surface area contributed by atoms with Crippen molar-refractivity contribution in [1.29, 1.82) is 0 Å². The van der Waals surface area contributed by atoms with E-state index in [1.807, 2.05) is 45.0 Å². The normalized spacial score (nSPS) is 11.3. The van der Waals surface area contributed by atoms with E-state index in [1.165, 1.54) is 0 Å². The summed E-state index contributed by atoms with van der Waals surface area (Å²) in [5.74, 6) is -0.434. The fourth-order valence-electron chi connectivity index (χ4n) is 2.96. The summed E-state index contributed by atoms with van der Waals surface area (Å²) in [5.41, 5.74) is 4.60. The number of amides is 1. The molecule has 0 spiro atoms. The van der Waals surface area contributed by atoms with Crippen LogP contribution in [0.2, 0.25) is 5.02 Å². The zero-order valence-electron chi connectivity index (χ0n) is 15.6. The number of rotatable bonds is 5. The summed E-state index contributed by atoms with van der Waals surface area (Å²) in [4.78, 5) is 12.5. The minimum absolute atomic E-state index is 0.298. The van der Waals surface area contributed by atoms with Crippen LogP contribution in [-0.2, 0) is 14.8 Å². The van der Waals surface area contributed by atoms with Gasteiger partial charge in [-0.15, -0.1) is 0 Å². The van der Waals surface area contributed by atoms with Crippen molar-refractivity contribution < 1.29 is 13.2 Å². The van der Waals surface area contributed by atoms with E-state index in [9.17, 15) is 13.2 Å². The smallest absolute Gasteiger partial charge is 0.245 e. The van der Waals surface area contributed by atoms with Gasteiger partial charge in [0.25, 0.3) is 0 Å². The van der Waals surface area contributed by atoms with Crippen molar-refractivity contribution in [1.82, 2.24) is 0 Å². The summed E-state index contributed by atoms with van der Waals surface area (Å²) >= 11 is 6.28. The van der Waals surface area contributed by atoms with Crippen LogP contribution < -0.4 is 9.62 Å². The Balaban J connectivity index is 2.34. The van der Waals surface area contributed by atoms with Crippen LogP contribution in [0.1, 0.15) is 22.3 Å². The maximum atomic E-state index is 12.5. The first kappa shape index (κ1) is 20.3. The summed E-state index contributed by atoms with van der Waals surface area (Å²) in [5, 5.41) is 3.06. The number of anilines is 2. The van der Waals surface area contributed by atoms with E-state index in [0.717, 1.165) is 27.3 Å². The summed E-state index contributed by atoms with van der Waals surface area (Å²) in [6.45, 7) is 7.16. The van der Waals surface area contributed by atoms with Crippen LogP contribution in [0.15, 0.2) is 30.3 Å². The number of sulfonamides is 1. The first-order chi connectivity index (χ1) is 12.0. The summed E-state index contributed by atoms with van der Waals surface area (Å²) < 4.78 is 25.7. The average molecular weight is 395 g/mol. The van der Waals surface area contributed by atoms with Crippen LogP contribution in [0.4, 0.5) is 11.4 Å². The number of hydrogen-bond donors (Lipinski definition) is 1. The van der Waals surface area contributed by atoms with Crippen LogP contribution in [0.25, 0.3) is 0 Å². The Labute approximate surface area is 160 Å². The summed E-state index contributed by atoms with van der Waals surface area (Å²) in [7, 11) is -3.69. The van der Waals surface area contributed by atoms with Crippen molar-refractivity contribution in [2.75, 3.05) is 22.4 Å². The minimum atomic E-state index is -3.69. The van der Waals surface area contributed by atoms with Gasteiger partial charge < -0.3 is 5.32 Å². The molecule has 1 amide bonds. The van der Waals surface area contributed by atoms with Gasteiger partial charge in [0.15, 0.2) is 0 Å². The molecule has 0 bridgehead atoms. The van der Waals surface area contributed by atoms with Crippen molar-refractivity contribution in [2.24, 2.45) is 0 Å². The van der Waals surface area contributed by atoms with E-state index in [1.54, 1.807) is 13.0 Å². The zero-order valence-corrected chi connectivity index (χ0v) is 17.1. The topological polar surface area (TPSA) is 66.5 Å². The Kier molecular flexibility index (Phi) is 5.98. The predicted octanol–water partition coefficient (Wildman–Crippen LogP) is 3.98. The number of nitrogens with one attached hydrogen (secondary N) is 1. The van der Waals surface area contributed by atoms with E-state index in [-0.39, 0.29) is 6.54 Å². The third kappa shape index (κ3) is 4.99. The third-order valence-electron chi connectivity index (χ3n) is 3.84. The van der Waals surface area contributed by atoms with Gasteiger partial charge in [0.05, 0.1) is 17.0 Å². The molecule has 140 valence electrons. The highest BCUT2D eigenvalue weighted by molar-refractivity contribution is 7.92. The lowest BCUT2D eigenvalue weighted by atomic mass is 10.1. The van der Waals surface area contributed by atoms with E-state index in [2.05, 4.69) is 5.32 Å². The van der Waals surface area contributed by atoms with Gasteiger partial charge in [-0.1, -0.05) is 23.7 Å². The highest BCUT2D eigenvalue weighted by Crippen LogP contribution is 2.32. The molecule has 2 rings (SSSR count). The lowest BCUT2D eigenvalue weighted by Gasteiger charge is -2.25. The van der Waals surface area contributed by atoms with Crippen molar-refractivity contribution in [3.8, 4) is 0 Å². The highest BCUT2D eigenvalue weighted by atomic mass is 35.5. The standard InChI is InChI=1S/C19H23ClN2O3S/c1-12-6-13(2)9-16(8-12)21-18(23)11-22(26(5,24)25)19-15(4)7-14(3)10-17(19)20/h6-10H,11H2,1-5H3,(H,21,23). The number of carbonyl (C=O) groups is 1. The zero-order chi connectivity index (χ0) is 19.6. The molecule has 7 heteroatoms. The van der Waals surface area contributed by atoms with Gasteiger partial charge in [0, 0.05) is 5.69 Å². The van der Waals surface area contributed by atoms with Gasteiger partial charge in [-0.3, -0.25) is 9.10 Å². The Hall–Kier alpha value is -2.05.